The van der Waals surface area contributed by atoms with E-state index in [4.69, 9.17) is 0 Å². The summed E-state index contributed by atoms with van der Waals surface area (Å²) in [6.45, 7) is 0. The molecule has 0 saturated heterocycles. The highest BCUT2D eigenvalue weighted by molar-refractivity contribution is 5.97. The van der Waals surface area contributed by atoms with Gasteiger partial charge in [-0.3, -0.25) is 20.2 Å². The van der Waals surface area contributed by atoms with Gasteiger partial charge in [0.05, 0.1) is 20.9 Å². The molecule has 49 heavy (non-hydrogen) atoms. The van der Waals surface area contributed by atoms with Gasteiger partial charge in [0.1, 0.15) is 0 Å². The van der Waals surface area contributed by atoms with E-state index in [1.165, 1.54) is 0 Å². The predicted octanol–water partition coefficient (Wildman–Crippen LogP) is 10.8. The van der Waals surface area contributed by atoms with Crippen molar-refractivity contribution < 1.29 is 9.85 Å². The zero-order valence-corrected chi connectivity index (χ0v) is 26.5. The number of fused-ring (bicyclic) bond motifs is 2. The summed E-state index contributed by atoms with van der Waals surface area (Å²) in [4.78, 5) is 24.9. The van der Waals surface area contributed by atoms with E-state index in [0.29, 0.717) is 0 Å². The number of rotatable bonds is 6. The van der Waals surface area contributed by atoms with Gasteiger partial charge in [0.15, 0.2) is 0 Å². The largest absolute Gasteiger partial charge is 0.361 e. The number of benzene rings is 6. The normalized spacial score (nSPS) is 10.9. The highest BCUT2D eigenvalue weighted by Crippen LogP contribution is 2.35. The van der Waals surface area contributed by atoms with Gasteiger partial charge in [-0.25, -0.2) is 0 Å². The van der Waals surface area contributed by atoms with Crippen molar-refractivity contribution >= 4 is 33.2 Å². The Hall–Kier alpha value is -6.80. The summed E-state index contributed by atoms with van der Waals surface area (Å²) in [6, 6.07) is 46.8. The van der Waals surface area contributed by atoms with Crippen LogP contribution in [0.25, 0.3) is 66.3 Å². The van der Waals surface area contributed by atoms with Crippen LogP contribution in [0.5, 0.6) is 0 Å². The first-order chi connectivity index (χ1) is 23.9. The molecular formula is C41H30N4O4. The van der Waals surface area contributed by atoms with Crippen LogP contribution < -0.4 is 0 Å². The zero-order chi connectivity index (χ0) is 33.9. The molecule has 0 bridgehead atoms. The fourth-order valence-corrected chi connectivity index (χ4v) is 6.19. The number of aromatic nitrogens is 2. The van der Waals surface area contributed by atoms with Gasteiger partial charge in [0.2, 0.25) is 0 Å². The summed E-state index contributed by atoms with van der Waals surface area (Å²) in [5.74, 6) is 0. The molecule has 6 aromatic carbocycles. The van der Waals surface area contributed by atoms with Crippen LogP contribution in [0.2, 0.25) is 0 Å². The number of hydrogen-bond acceptors (Lipinski definition) is 4. The lowest BCUT2D eigenvalue weighted by Crippen LogP contribution is -1.93. The van der Waals surface area contributed by atoms with E-state index in [1.807, 2.05) is 103 Å². The van der Waals surface area contributed by atoms with E-state index in [9.17, 15) is 20.2 Å². The molecule has 0 saturated carbocycles. The summed E-state index contributed by atoms with van der Waals surface area (Å²) < 4.78 is 2.00. The molecule has 0 radical (unpaired) electrons. The standard InChI is InChI=1S/C21H16N2O2.C20H14N2O2/c1-22-12-11-18-13-19(23(24)25)14-20(21(18)22)17-9-7-16(8-10-17)15-5-3-2-4-6-15;23-22(24)18-12-17-10-11-21-20(17)19(13-18)16-8-6-15(7-9-16)14-4-2-1-3-5-14/h2-14H,1H3;1-13,21H. The number of aromatic amines is 1. The number of aryl methyl sites for hydroxylation is 1. The number of nitro benzene ring substituents is 2. The maximum Gasteiger partial charge on any atom is 0.270 e. The number of H-pyrrole nitrogens is 1. The van der Waals surface area contributed by atoms with Crippen molar-refractivity contribution in [1.82, 2.24) is 9.55 Å². The molecule has 0 aliphatic rings. The molecule has 0 unspecified atom stereocenters. The van der Waals surface area contributed by atoms with Gasteiger partial charge in [-0.05, 0) is 45.5 Å². The van der Waals surface area contributed by atoms with Crippen molar-refractivity contribution in [3.05, 3.63) is 178 Å². The SMILES string of the molecule is Cn1ccc2cc([N+](=O)[O-])cc(-c3ccc(-c4ccccc4)cc3)c21.O=[N+]([O-])c1cc(-c2ccc(-c3ccccc3)cc2)c2[nH]ccc2c1. The van der Waals surface area contributed by atoms with Crippen LogP contribution in [0.3, 0.4) is 0 Å². The van der Waals surface area contributed by atoms with Gasteiger partial charge in [0.25, 0.3) is 11.4 Å². The van der Waals surface area contributed by atoms with Gasteiger partial charge < -0.3 is 9.55 Å². The molecule has 8 aromatic rings. The topological polar surface area (TPSA) is 107 Å². The van der Waals surface area contributed by atoms with Crippen molar-refractivity contribution in [3.8, 4) is 44.5 Å². The lowest BCUT2D eigenvalue weighted by atomic mass is 9.98. The molecule has 0 spiro atoms. The Kier molecular flexibility index (Phi) is 8.26. The van der Waals surface area contributed by atoms with Gasteiger partial charge in [-0.2, -0.15) is 0 Å². The average Bonchev–Trinajstić information content (AvgIpc) is 3.78. The average molecular weight is 643 g/mol. The first-order valence-corrected chi connectivity index (χ1v) is 15.7. The van der Waals surface area contributed by atoms with E-state index in [2.05, 4.69) is 41.4 Å². The lowest BCUT2D eigenvalue weighted by molar-refractivity contribution is -0.384. The molecule has 1 N–H and O–H groups in total. The number of non-ortho nitro benzene ring substituents is 2. The molecular weight excluding hydrogens is 612 g/mol. The lowest BCUT2D eigenvalue weighted by Gasteiger charge is -2.09. The first kappa shape index (κ1) is 30.8. The second kappa shape index (κ2) is 13.1. The Bertz CT molecular complexity index is 2430. The van der Waals surface area contributed by atoms with Crippen molar-refractivity contribution in [2.24, 2.45) is 7.05 Å². The van der Waals surface area contributed by atoms with Crippen LogP contribution in [0, 0.1) is 20.2 Å². The number of hydrogen-bond donors (Lipinski definition) is 1. The molecule has 8 rings (SSSR count). The van der Waals surface area contributed by atoms with E-state index < -0.39 is 0 Å². The second-order valence-electron chi connectivity index (χ2n) is 11.7. The minimum atomic E-state index is -0.353. The summed E-state index contributed by atoms with van der Waals surface area (Å²) in [6.07, 6.45) is 3.73. The van der Waals surface area contributed by atoms with Gasteiger partial charge >= 0.3 is 0 Å². The van der Waals surface area contributed by atoms with Crippen LogP contribution in [0.15, 0.2) is 158 Å². The van der Waals surface area contributed by atoms with Gasteiger partial charge in [-0.15, -0.1) is 0 Å². The molecule has 2 heterocycles. The molecule has 0 aliphatic carbocycles. The Morgan fingerprint density at radius 2 is 0.959 bits per heavy atom. The molecule has 0 atom stereocenters. The maximum absolute atomic E-state index is 11.3. The molecule has 8 heteroatoms. The summed E-state index contributed by atoms with van der Waals surface area (Å²) in [7, 11) is 1.95. The van der Waals surface area contributed by atoms with Crippen molar-refractivity contribution in [2.45, 2.75) is 0 Å². The fourth-order valence-electron chi connectivity index (χ4n) is 6.19. The highest BCUT2D eigenvalue weighted by atomic mass is 16.6. The molecule has 0 amide bonds. The molecule has 0 aliphatic heterocycles. The molecule has 238 valence electrons. The van der Waals surface area contributed by atoms with Crippen LogP contribution in [0.1, 0.15) is 0 Å². The van der Waals surface area contributed by atoms with Gasteiger partial charge in [-0.1, -0.05) is 109 Å². The van der Waals surface area contributed by atoms with Crippen LogP contribution in [-0.2, 0) is 7.05 Å². The zero-order valence-electron chi connectivity index (χ0n) is 26.5. The summed E-state index contributed by atoms with van der Waals surface area (Å²) in [5, 5.41) is 24.2. The summed E-state index contributed by atoms with van der Waals surface area (Å²) >= 11 is 0. The molecule has 0 fully saturated rings. The smallest absolute Gasteiger partial charge is 0.270 e. The Morgan fingerprint density at radius 3 is 1.49 bits per heavy atom. The van der Waals surface area contributed by atoms with Crippen molar-refractivity contribution in [1.29, 1.82) is 0 Å². The Balaban J connectivity index is 0.000000154. The third-order valence-electron chi connectivity index (χ3n) is 8.63. The third-order valence-corrected chi connectivity index (χ3v) is 8.63. The van der Waals surface area contributed by atoms with Crippen LogP contribution >= 0.6 is 0 Å². The number of nitrogens with zero attached hydrogens (tertiary/aromatic N) is 3. The van der Waals surface area contributed by atoms with E-state index >= 15 is 0 Å². The van der Waals surface area contributed by atoms with E-state index in [1.54, 1.807) is 30.5 Å². The fraction of sp³-hybridized carbons (Fsp3) is 0.0244. The minimum absolute atomic E-state index is 0.101. The van der Waals surface area contributed by atoms with E-state index in [-0.39, 0.29) is 21.2 Å². The van der Waals surface area contributed by atoms with Crippen LogP contribution in [-0.4, -0.2) is 19.4 Å². The van der Waals surface area contributed by atoms with Gasteiger partial charge in [0, 0.05) is 65.6 Å². The monoisotopic (exact) mass is 642 g/mol. The number of nitrogens with one attached hydrogen (secondary N) is 1. The summed E-state index contributed by atoms with van der Waals surface area (Å²) in [5.41, 5.74) is 10.3. The maximum atomic E-state index is 11.3. The minimum Gasteiger partial charge on any atom is -0.361 e. The Labute approximate surface area is 281 Å². The van der Waals surface area contributed by atoms with Crippen molar-refractivity contribution in [2.75, 3.05) is 0 Å². The van der Waals surface area contributed by atoms with Crippen LogP contribution in [0.4, 0.5) is 11.4 Å². The van der Waals surface area contributed by atoms with E-state index in [0.717, 1.165) is 66.3 Å². The Morgan fingerprint density at radius 1 is 0.510 bits per heavy atom. The quantitative estimate of drug-likeness (QED) is 0.144. The predicted molar refractivity (Wildman–Crippen MR) is 196 cm³/mol. The number of nitro groups is 2. The molecule has 2 aromatic heterocycles. The second-order valence-corrected chi connectivity index (χ2v) is 11.7. The first-order valence-electron chi connectivity index (χ1n) is 15.7. The third kappa shape index (κ3) is 6.31. The highest BCUT2D eigenvalue weighted by Gasteiger charge is 2.16. The van der Waals surface area contributed by atoms with Crippen molar-refractivity contribution in [3.63, 3.8) is 0 Å². The molecule has 8 nitrogen and oxygen atoms in total.